The van der Waals surface area contributed by atoms with Gasteiger partial charge in [-0.25, -0.2) is 0 Å². The standard InChI is InChI=1S/C26H32N3O/c1-27-24-14-7-8-15-25(24)30-26(27)16-9-11-21-17-19-28(18-10-20-29(2,3)4)23-13-6-5-12-22(21)23/h5-9,11-17,19,21H,10,18,20H2,1-4H3/q+1. The van der Waals surface area contributed by atoms with E-state index in [1.54, 1.807) is 0 Å². The zero-order valence-electron chi connectivity index (χ0n) is 18.5. The minimum Gasteiger partial charge on any atom is -0.439 e. The number of para-hydroxylation sites is 3. The Labute approximate surface area is 180 Å². The van der Waals surface area contributed by atoms with Crippen molar-refractivity contribution in [1.82, 2.24) is 0 Å². The fourth-order valence-electron chi connectivity index (χ4n) is 4.01. The number of hydrogen-bond acceptors (Lipinski definition) is 3. The fourth-order valence-corrected chi connectivity index (χ4v) is 4.01. The van der Waals surface area contributed by atoms with Crippen molar-refractivity contribution in [3.05, 3.63) is 90.5 Å². The molecule has 2 aromatic carbocycles. The highest BCUT2D eigenvalue weighted by atomic mass is 16.5. The number of ether oxygens (including phenoxy) is 1. The first-order valence-electron chi connectivity index (χ1n) is 10.7. The maximum absolute atomic E-state index is 5.97. The molecule has 4 rings (SSSR count). The third-order valence-corrected chi connectivity index (χ3v) is 5.64. The molecule has 0 spiro atoms. The molecule has 2 aliphatic heterocycles. The molecule has 0 fully saturated rings. The van der Waals surface area contributed by atoms with E-state index in [9.17, 15) is 0 Å². The Kier molecular flexibility index (Phi) is 5.69. The molecule has 1 unspecified atom stereocenters. The quantitative estimate of drug-likeness (QED) is 0.623. The van der Waals surface area contributed by atoms with Gasteiger partial charge in [-0.05, 0) is 29.8 Å². The number of anilines is 2. The molecular weight excluding hydrogens is 370 g/mol. The number of allylic oxidation sites excluding steroid dienone is 4. The van der Waals surface area contributed by atoms with Crippen LogP contribution in [0.1, 0.15) is 17.9 Å². The lowest BCUT2D eigenvalue weighted by Crippen LogP contribution is -2.37. The van der Waals surface area contributed by atoms with Crippen LogP contribution in [0.25, 0.3) is 0 Å². The van der Waals surface area contributed by atoms with E-state index in [-0.39, 0.29) is 5.92 Å². The van der Waals surface area contributed by atoms with Crippen molar-refractivity contribution in [2.45, 2.75) is 12.3 Å². The van der Waals surface area contributed by atoms with E-state index >= 15 is 0 Å². The molecule has 4 nitrogen and oxygen atoms in total. The van der Waals surface area contributed by atoms with Gasteiger partial charge in [-0.1, -0.05) is 48.6 Å². The highest BCUT2D eigenvalue weighted by molar-refractivity contribution is 5.66. The van der Waals surface area contributed by atoms with E-state index in [0.29, 0.717) is 0 Å². The van der Waals surface area contributed by atoms with Crippen molar-refractivity contribution in [1.29, 1.82) is 0 Å². The summed E-state index contributed by atoms with van der Waals surface area (Å²) in [6, 6.07) is 16.8. The molecule has 156 valence electrons. The van der Waals surface area contributed by atoms with Gasteiger partial charge >= 0.3 is 0 Å². The number of fused-ring (bicyclic) bond motifs is 2. The smallest absolute Gasteiger partial charge is 0.200 e. The Morgan fingerprint density at radius 1 is 1.00 bits per heavy atom. The average Bonchev–Trinajstić information content (AvgIpc) is 3.04. The van der Waals surface area contributed by atoms with Crippen molar-refractivity contribution in [3.8, 4) is 5.75 Å². The average molecular weight is 403 g/mol. The molecule has 1 atom stereocenters. The zero-order valence-corrected chi connectivity index (χ0v) is 18.5. The second kappa shape index (κ2) is 8.41. The highest BCUT2D eigenvalue weighted by Gasteiger charge is 2.22. The summed E-state index contributed by atoms with van der Waals surface area (Å²) in [5.41, 5.74) is 3.76. The van der Waals surface area contributed by atoms with Crippen LogP contribution in [-0.4, -0.2) is 45.8 Å². The monoisotopic (exact) mass is 402 g/mol. The van der Waals surface area contributed by atoms with Crippen LogP contribution in [0.3, 0.4) is 0 Å². The van der Waals surface area contributed by atoms with Gasteiger partial charge in [-0.2, -0.15) is 0 Å². The van der Waals surface area contributed by atoms with Crippen molar-refractivity contribution in [2.75, 3.05) is 51.1 Å². The van der Waals surface area contributed by atoms with Crippen molar-refractivity contribution >= 4 is 11.4 Å². The molecule has 2 heterocycles. The van der Waals surface area contributed by atoms with Gasteiger partial charge in [-0.15, -0.1) is 0 Å². The van der Waals surface area contributed by atoms with Gasteiger partial charge in [0.25, 0.3) is 0 Å². The summed E-state index contributed by atoms with van der Waals surface area (Å²) in [6.07, 6.45) is 12.1. The molecule has 30 heavy (non-hydrogen) atoms. The van der Waals surface area contributed by atoms with E-state index in [1.807, 2.05) is 31.3 Å². The highest BCUT2D eigenvalue weighted by Crippen LogP contribution is 2.38. The van der Waals surface area contributed by atoms with Gasteiger partial charge in [0, 0.05) is 37.8 Å². The Morgan fingerprint density at radius 3 is 2.50 bits per heavy atom. The minimum absolute atomic E-state index is 0.266. The van der Waals surface area contributed by atoms with Crippen molar-refractivity contribution in [3.63, 3.8) is 0 Å². The van der Waals surface area contributed by atoms with Crippen LogP contribution in [0.2, 0.25) is 0 Å². The SMILES string of the molecule is CN1C(=CC=CC2C=CN(CCC[N+](C)(C)C)c3ccccc32)Oc2ccccc21. The topological polar surface area (TPSA) is 15.7 Å². The van der Waals surface area contributed by atoms with Crippen molar-refractivity contribution in [2.24, 2.45) is 0 Å². The first-order chi connectivity index (χ1) is 14.4. The lowest BCUT2D eigenvalue weighted by atomic mass is 9.93. The van der Waals surface area contributed by atoms with Crippen LogP contribution in [0.4, 0.5) is 11.4 Å². The molecule has 0 aromatic heterocycles. The Morgan fingerprint density at radius 2 is 1.73 bits per heavy atom. The summed E-state index contributed by atoms with van der Waals surface area (Å²) in [4.78, 5) is 4.47. The fraction of sp³-hybridized carbons (Fsp3) is 0.308. The second-order valence-electron chi connectivity index (χ2n) is 9.01. The summed E-state index contributed by atoms with van der Waals surface area (Å²) < 4.78 is 6.97. The Bertz CT molecular complexity index is 984. The molecular formula is C26H32N3O+. The van der Waals surface area contributed by atoms with Crippen LogP contribution in [0.5, 0.6) is 5.75 Å². The van der Waals surface area contributed by atoms with E-state index in [2.05, 4.69) is 85.7 Å². The maximum atomic E-state index is 5.97. The number of rotatable bonds is 6. The number of hydrogen-bond donors (Lipinski definition) is 0. The zero-order chi connectivity index (χ0) is 21.1. The molecule has 0 saturated carbocycles. The predicted molar refractivity (Wildman–Crippen MR) is 126 cm³/mol. The van der Waals surface area contributed by atoms with E-state index < -0.39 is 0 Å². The molecule has 2 aliphatic rings. The number of benzene rings is 2. The van der Waals surface area contributed by atoms with Crippen molar-refractivity contribution < 1.29 is 9.22 Å². The van der Waals surface area contributed by atoms with Crippen LogP contribution >= 0.6 is 0 Å². The third kappa shape index (κ3) is 4.44. The summed E-state index contributed by atoms with van der Waals surface area (Å²) in [5, 5.41) is 0. The summed E-state index contributed by atoms with van der Waals surface area (Å²) in [6.45, 7) is 2.21. The first kappa shape index (κ1) is 20.3. The second-order valence-corrected chi connectivity index (χ2v) is 9.01. The normalized spacial score (nSPS) is 19.3. The Hall–Kier alpha value is -2.98. The molecule has 0 saturated heterocycles. The number of quaternary nitrogens is 1. The minimum atomic E-state index is 0.266. The predicted octanol–water partition coefficient (Wildman–Crippen LogP) is 5.13. The van der Waals surface area contributed by atoms with Crippen LogP contribution in [-0.2, 0) is 0 Å². The summed E-state index contributed by atoms with van der Waals surface area (Å²) in [5.74, 6) is 2.02. The lowest BCUT2D eigenvalue weighted by Gasteiger charge is -2.31. The van der Waals surface area contributed by atoms with Gasteiger partial charge in [0.15, 0.2) is 11.6 Å². The van der Waals surface area contributed by atoms with Crippen LogP contribution < -0.4 is 14.5 Å². The lowest BCUT2D eigenvalue weighted by molar-refractivity contribution is -0.870. The maximum Gasteiger partial charge on any atom is 0.200 e. The molecule has 0 N–H and O–H groups in total. The van der Waals surface area contributed by atoms with Crippen LogP contribution in [0, 0.1) is 0 Å². The first-order valence-corrected chi connectivity index (χ1v) is 10.7. The van der Waals surface area contributed by atoms with Gasteiger partial charge in [0.2, 0.25) is 0 Å². The van der Waals surface area contributed by atoms with E-state index in [0.717, 1.165) is 28.3 Å². The van der Waals surface area contributed by atoms with Crippen LogP contribution in [0.15, 0.2) is 84.9 Å². The van der Waals surface area contributed by atoms with Gasteiger partial charge < -0.3 is 19.0 Å². The largest absolute Gasteiger partial charge is 0.439 e. The molecule has 2 aromatic rings. The van der Waals surface area contributed by atoms with Gasteiger partial charge in [-0.3, -0.25) is 0 Å². The molecule has 0 bridgehead atoms. The van der Waals surface area contributed by atoms with Gasteiger partial charge in [0.1, 0.15) is 0 Å². The number of nitrogens with zero attached hydrogens (tertiary/aromatic N) is 3. The third-order valence-electron chi connectivity index (χ3n) is 5.64. The van der Waals surface area contributed by atoms with Gasteiger partial charge in [0.05, 0.1) is 33.4 Å². The van der Waals surface area contributed by atoms with E-state index in [4.69, 9.17) is 4.74 Å². The molecule has 0 amide bonds. The molecule has 0 aliphatic carbocycles. The summed E-state index contributed by atoms with van der Waals surface area (Å²) in [7, 11) is 8.79. The van der Waals surface area contributed by atoms with E-state index in [1.165, 1.54) is 24.2 Å². The summed E-state index contributed by atoms with van der Waals surface area (Å²) >= 11 is 0. The Balaban J connectivity index is 1.46. The molecule has 0 radical (unpaired) electrons. The molecule has 4 heteroatoms.